The lowest BCUT2D eigenvalue weighted by molar-refractivity contribution is -0.890. The molecule has 0 saturated carbocycles. The third-order valence-electron chi connectivity index (χ3n) is 4.09. The van der Waals surface area contributed by atoms with Gasteiger partial charge < -0.3 is 4.48 Å². The van der Waals surface area contributed by atoms with Crippen LogP contribution in [0.3, 0.4) is 0 Å². The summed E-state index contributed by atoms with van der Waals surface area (Å²) in [5.41, 5.74) is 0. The normalized spacial score (nSPS) is 12.6. The van der Waals surface area contributed by atoms with Crippen LogP contribution >= 0.6 is 0 Å². The minimum absolute atomic E-state index is 0.878. The molecule has 0 aromatic heterocycles. The van der Waals surface area contributed by atoms with Gasteiger partial charge in [0.2, 0.25) is 0 Å². The molecule has 0 heterocycles. The van der Waals surface area contributed by atoms with Crippen molar-refractivity contribution in [2.45, 2.75) is 79.1 Å². The molecule has 116 valence electrons. The molecule has 0 rings (SSSR count). The van der Waals surface area contributed by atoms with Gasteiger partial charge in [-0.05, 0) is 37.5 Å². The molecule has 1 nitrogen and oxygen atoms in total. The number of hydrogen-bond acceptors (Lipinski definition) is 0. The van der Waals surface area contributed by atoms with Crippen LogP contribution in [0, 0.1) is 11.8 Å². The second-order valence-electron chi connectivity index (χ2n) is 7.87. The van der Waals surface area contributed by atoms with Crippen LogP contribution in [0.25, 0.3) is 0 Å². The number of rotatable bonds is 12. The quantitative estimate of drug-likeness (QED) is 0.325. The maximum atomic E-state index is 2.41. The molecule has 19 heavy (non-hydrogen) atoms. The predicted octanol–water partition coefficient (Wildman–Crippen LogP) is 5.50. The third kappa shape index (κ3) is 14.2. The SMILES string of the molecule is CC(C)CCCCC[N+](C)(C)CCCCCC(C)C. The molecule has 0 bridgehead atoms. The molecule has 0 saturated heterocycles. The van der Waals surface area contributed by atoms with E-state index in [4.69, 9.17) is 0 Å². The number of nitrogens with zero attached hydrogens (tertiary/aromatic N) is 1. The van der Waals surface area contributed by atoms with Crippen LogP contribution in [-0.2, 0) is 0 Å². The minimum Gasteiger partial charge on any atom is -0.328 e. The molecule has 0 fully saturated rings. The average Bonchev–Trinajstić information content (AvgIpc) is 2.27. The van der Waals surface area contributed by atoms with E-state index in [1.807, 2.05) is 0 Å². The number of quaternary nitrogens is 1. The molecule has 0 atom stereocenters. The maximum Gasteiger partial charge on any atom is 0.0782 e. The monoisotopic (exact) mass is 270 g/mol. The minimum atomic E-state index is 0.878. The van der Waals surface area contributed by atoms with Gasteiger partial charge in [-0.2, -0.15) is 0 Å². The zero-order valence-corrected chi connectivity index (χ0v) is 14.7. The van der Waals surface area contributed by atoms with Crippen molar-refractivity contribution < 1.29 is 4.48 Å². The fourth-order valence-electron chi connectivity index (χ4n) is 2.65. The Hall–Kier alpha value is -0.0400. The van der Waals surface area contributed by atoms with Gasteiger partial charge in [-0.3, -0.25) is 0 Å². The summed E-state index contributed by atoms with van der Waals surface area (Å²) in [6.07, 6.45) is 11.3. The Balaban J connectivity index is 3.46. The van der Waals surface area contributed by atoms with Crippen LogP contribution in [0.5, 0.6) is 0 Å². The second-order valence-corrected chi connectivity index (χ2v) is 7.87. The standard InChI is InChI=1S/C18H40N/c1-17(2)13-9-7-11-15-19(5,6)16-12-8-10-14-18(3)4/h17-18H,7-16H2,1-6H3/q+1. The largest absolute Gasteiger partial charge is 0.328 e. The van der Waals surface area contributed by atoms with E-state index >= 15 is 0 Å². The van der Waals surface area contributed by atoms with Crippen LogP contribution in [-0.4, -0.2) is 31.7 Å². The Kier molecular flexibility index (Phi) is 10.7. The first kappa shape index (κ1) is 19.0. The zero-order valence-electron chi connectivity index (χ0n) is 14.7. The molecule has 1 heteroatoms. The molecule has 0 aromatic carbocycles. The summed E-state index contributed by atoms with van der Waals surface area (Å²) in [6.45, 7) is 12.0. The lowest BCUT2D eigenvalue weighted by Crippen LogP contribution is -2.41. The summed E-state index contributed by atoms with van der Waals surface area (Å²) in [6, 6.07) is 0. The van der Waals surface area contributed by atoms with Gasteiger partial charge in [0, 0.05) is 0 Å². The molecule has 0 aliphatic rings. The highest BCUT2D eigenvalue weighted by Crippen LogP contribution is 2.13. The van der Waals surface area contributed by atoms with Crippen molar-refractivity contribution in [3.63, 3.8) is 0 Å². The highest BCUT2D eigenvalue weighted by Gasteiger charge is 2.13. The van der Waals surface area contributed by atoms with Gasteiger partial charge in [-0.15, -0.1) is 0 Å². The van der Waals surface area contributed by atoms with E-state index in [0.717, 1.165) is 11.8 Å². The summed E-state index contributed by atoms with van der Waals surface area (Å²) < 4.78 is 1.23. The summed E-state index contributed by atoms with van der Waals surface area (Å²) in [4.78, 5) is 0. The van der Waals surface area contributed by atoms with Crippen LogP contribution in [0.15, 0.2) is 0 Å². The average molecular weight is 271 g/mol. The van der Waals surface area contributed by atoms with E-state index in [2.05, 4.69) is 41.8 Å². The highest BCUT2D eigenvalue weighted by molar-refractivity contribution is 4.49. The molecule has 0 unspecified atom stereocenters. The Morgan fingerprint density at radius 3 is 1.26 bits per heavy atom. The highest BCUT2D eigenvalue weighted by atomic mass is 15.3. The first-order chi connectivity index (χ1) is 8.83. The smallest absolute Gasteiger partial charge is 0.0782 e. The lowest BCUT2D eigenvalue weighted by atomic mass is 10.0. The number of unbranched alkanes of at least 4 members (excludes halogenated alkanes) is 4. The predicted molar refractivity (Wildman–Crippen MR) is 88.5 cm³/mol. The zero-order chi connectivity index (χ0) is 14.7. The fraction of sp³-hybridized carbons (Fsp3) is 1.00. The second kappa shape index (κ2) is 10.7. The summed E-state index contributed by atoms with van der Waals surface area (Å²) >= 11 is 0. The molecule has 0 aliphatic carbocycles. The van der Waals surface area contributed by atoms with Crippen LogP contribution in [0.4, 0.5) is 0 Å². The first-order valence-electron chi connectivity index (χ1n) is 8.65. The Bertz CT molecular complexity index is 174. The van der Waals surface area contributed by atoms with E-state index in [1.54, 1.807) is 0 Å². The molecular weight excluding hydrogens is 230 g/mol. The van der Waals surface area contributed by atoms with Gasteiger partial charge >= 0.3 is 0 Å². The third-order valence-corrected chi connectivity index (χ3v) is 4.09. The molecule has 0 aromatic rings. The Labute approximate surface area is 123 Å². The van der Waals surface area contributed by atoms with Crippen LogP contribution in [0.1, 0.15) is 79.1 Å². The maximum absolute atomic E-state index is 2.41. The van der Waals surface area contributed by atoms with Gasteiger partial charge in [0.05, 0.1) is 27.2 Å². The summed E-state index contributed by atoms with van der Waals surface area (Å²) in [5, 5.41) is 0. The van der Waals surface area contributed by atoms with Crippen molar-refractivity contribution in [3.05, 3.63) is 0 Å². The number of hydrogen-bond donors (Lipinski definition) is 0. The van der Waals surface area contributed by atoms with Crippen molar-refractivity contribution in [2.75, 3.05) is 27.2 Å². The Morgan fingerprint density at radius 1 is 0.579 bits per heavy atom. The van der Waals surface area contributed by atoms with Crippen LogP contribution in [0.2, 0.25) is 0 Å². The van der Waals surface area contributed by atoms with Crippen molar-refractivity contribution in [1.82, 2.24) is 0 Å². The molecule has 0 aliphatic heterocycles. The summed E-state index contributed by atoms with van der Waals surface area (Å²) in [5.74, 6) is 1.76. The van der Waals surface area contributed by atoms with Crippen LogP contribution < -0.4 is 0 Å². The van der Waals surface area contributed by atoms with Gasteiger partial charge in [-0.25, -0.2) is 0 Å². The van der Waals surface area contributed by atoms with Gasteiger partial charge in [-0.1, -0.05) is 53.4 Å². The van der Waals surface area contributed by atoms with Crippen molar-refractivity contribution >= 4 is 0 Å². The lowest BCUT2D eigenvalue weighted by Gasteiger charge is -2.30. The summed E-state index contributed by atoms with van der Waals surface area (Å²) in [7, 11) is 4.82. The van der Waals surface area contributed by atoms with Crippen molar-refractivity contribution in [3.8, 4) is 0 Å². The van der Waals surface area contributed by atoms with Crippen molar-refractivity contribution in [1.29, 1.82) is 0 Å². The van der Waals surface area contributed by atoms with Gasteiger partial charge in [0.1, 0.15) is 0 Å². The molecule has 0 amide bonds. The van der Waals surface area contributed by atoms with E-state index in [9.17, 15) is 0 Å². The van der Waals surface area contributed by atoms with E-state index in [0.29, 0.717) is 0 Å². The molecular formula is C18H40N+. The first-order valence-corrected chi connectivity index (χ1v) is 8.65. The van der Waals surface area contributed by atoms with E-state index in [1.165, 1.54) is 68.9 Å². The molecule has 0 N–H and O–H groups in total. The fourth-order valence-corrected chi connectivity index (χ4v) is 2.65. The molecule has 0 spiro atoms. The van der Waals surface area contributed by atoms with E-state index in [-0.39, 0.29) is 0 Å². The van der Waals surface area contributed by atoms with Gasteiger partial charge in [0.15, 0.2) is 0 Å². The topological polar surface area (TPSA) is 0 Å². The van der Waals surface area contributed by atoms with Crippen molar-refractivity contribution in [2.24, 2.45) is 11.8 Å². The Morgan fingerprint density at radius 2 is 0.947 bits per heavy atom. The van der Waals surface area contributed by atoms with E-state index < -0.39 is 0 Å². The van der Waals surface area contributed by atoms with Gasteiger partial charge in [0.25, 0.3) is 0 Å². The molecule has 0 radical (unpaired) electrons.